The molecule has 1 unspecified atom stereocenters. The van der Waals surface area contributed by atoms with Gasteiger partial charge in [0.2, 0.25) is 0 Å². The topological polar surface area (TPSA) is 0 Å². The predicted molar refractivity (Wildman–Crippen MR) is 35.4 cm³/mol. The first-order valence-electron chi connectivity index (χ1n) is 2.99. The molecular weight excluding hydrogens is 345 g/mol. The monoisotopic (exact) mass is 357 g/mol. The van der Waals surface area contributed by atoms with Crippen LogP contribution in [0, 0.1) is 12.0 Å². The Balaban J connectivity index is -0.000000213. The SMILES string of the molecule is CC1=[C-]C(C)C=C1C.[Cl-].[Cl-].[Hf]. The van der Waals surface area contributed by atoms with Crippen molar-refractivity contribution in [1.82, 2.24) is 0 Å². The Labute approximate surface area is 100 Å². The fourth-order valence-corrected chi connectivity index (χ4v) is 0.997. The maximum Gasteiger partial charge on any atom is 0 e. The standard InChI is InChI=1S/C8H11.2ClH.Hf/c1-6-4-7(2)8(3)5-6;;;/h4,6H,1-3H3;2*1H;/q-1;;;/p-2. The van der Waals surface area contributed by atoms with Gasteiger partial charge in [-0.2, -0.15) is 6.08 Å². The van der Waals surface area contributed by atoms with Gasteiger partial charge in [0.1, 0.15) is 0 Å². The fraction of sp³-hybridized carbons (Fsp3) is 0.500. The summed E-state index contributed by atoms with van der Waals surface area (Å²) in [6, 6.07) is 0. The fourth-order valence-electron chi connectivity index (χ4n) is 0.997. The van der Waals surface area contributed by atoms with Crippen LogP contribution in [-0.4, -0.2) is 0 Å². The number of hydrogen-bond acceptors (Lipinski definition) is 0. The van der Waals surface area contributed by atoms with E-state index in [-0.39, 0.29) is 50.7 Å². The van der Waals surface area contributed by atoms with E-state index in [4.69, 9.17) is 0 Å². The molecule has 1 rings (SSSR count). The first kappa shape index (κ1) is 17.9. The van der Waals surface area contributed by atoms with Crippen molar-refractivity contribution in [3.8, 4) is 0 Å². The molecule has 64 valence electrons. The Morgan fingerprint density at radius 1 is 1.27 bits per heavy atom. The first-order chi connectivity index (χ1) is 3.70. The number of rotatable bonds is 0. The van der Waals surface area contributed by atoms with Crippen LogP contribution in [0.25, 0.3) is 0 Å². The average molecular weight is 357 g/mol. The van der Waals surface area contributed by atoms with Crippen molar-refractivity contribution in [3.63, 3.8) is 0 Å². The van der Waals surface area contributed by atoms with Crippen LogP contribution in [0.2, 0.25) is 0 Å². The van der Waals surface area contributed by atoms with E-state index >= 15 is 0 Å². The minimum atomic E-state index is 0. The van der Waals surface area contributed by atoms with Crippen molar-refractivity contribution in [1.29, 1.82) is 0 Å². The van der Waals surface area contributed by atoms with E-state index in [1.165, 1.54) is 11.1 Å². The van der Waals surface area contributed by atoms with Crippen molar-refractivity contribution in [2.45, 2.75) is 20.8 Å². The largest absolute Gasteiger partial charge is 1.00 e. The van der Waals surface area contributed by atoms with Gasteiger partial charge >= 0.3 is 0 Å². The van der Waals surface area contributed by atoms with Crippen LogP contribution in [0.3, 0.4) is 0 Å². The summed E-state index contributed by atoms with van der Waals surface area (Å²) in [6.45, 7) is 6.39. The minimum absolute atomic E-state index is 0. The van der Waals surface area contributed by atoms with Crippen molar-refractivity contribution in [3.05, 3.63) is 23.3 Å². The zero-order chi connectivity index (χ0) is 6.15. The maximum absolute atomic E-state index is 3.29. The van der Waals surface area contributed by atoms with Crippen LogP contribution in [0.15, 0.2) is 17.2 Å². The Kier molecular flexibility index (Phi) is 12.3. The molecule has 0 saturated heterocycles. The molecule has 0 aromatic carbocycles. The second-order valence-electron chi connectivity index (χ2n) is 2.41. The molecule has 0 aliphatic heterocycles. The smallest absolute Gasteiger partial charge is 0 e. The van der Waals surface area contributed by atoms with E-state index in [0.29, 0.717) is 5.92 Å². The van der Waals surface area contributed by atoms with Gasteiger partial charge in [0.15, 0.2) is 0 Å². The second-order valence-corrected chi connectivity index (χ2v) is 2.41. The molecule has 0 aromatic rings. The van der Waals surface area contributed by atoms with Gasteiger partial charge in [0, 0.05) is 25.8 Å². The van der Waals surface area contributed by atoms with Crippen LogP contribution in [-0.2, 0) is 25.8 Å². The summed E-state index contributed by atoms with van der Waals surface area (Å²) >= 11 is 0. The van der Waals surface area contributed by atoms with Crippen LogP contribution < -0.4 is 24.8 Å². The van der Waals surface area contributed by atoms with Crippen molar-refractivity contribution >= 4 is 0 Å². The van der Waals surface area contributed by atoms with Crippen LogP contribution >= 0.6 is 0 Å². The third-order valence-electron chi connectivity index (χ3n) is 1.54. The molecule has 0 saturated carbocycles. The summed E-state index contributed by atoms with van der Waals surface area (Å²) in [5.41, 5.74) is 2.70. The van der Waals surface area contributed by atoms with Crippen molar-refractivity contribution in [2.24, 2.45) is 5.92 Å². The van der Waals surface area contributed by atoms with Gasteiger partial charge in [-0.1, -0.05) is 19.8 Å². The molecule has 3 heteroatoms. The summed E-state index contributed by atoms with van der Waals surface area (Å²) in [5, 5.41) is 0. The van der Waals surface area contributed by atoms with E-state index in [1.807, 2.05) is 0 Å². The molecule has 0 spiro atoms. The zero-order valence-corrected chi connectivity index (χ0v) is 12.0. The Hall–Kier alpha value is 0.930. The first-order valence-corrected chi connectivity index (χ1v) is 2.99. The van der Waals surface area contributed by atoms with Gasteiger partial charge in [-0.15, -0.1) is 6.92 Å². The van der Waals surface area contributed by atoms with Gasteiger partial charge in [-0.3, -0.25) is 6.08 Å². The van der Waals surface area contributed by atoms with E-state index in [0.717, 1.165) is 0 Å². The molecule has 0 aromatic heterocycles. The molecule has 0 fully saturated rings. The van der Waals surface area contributed by atoms with Gasteiger partial charge in [-0.25, -0.2) is 11.1 Å². The number of hydrogen-bond donors (Lipinski definition) is 0. The van der Waals surface area contributed by atoms with Crippen LogP contribution in [0.4, 0.5) is 0 Å². The molecule has 0 N–H and O–H groups in total. The molecule has 1 atom stereocenters. The molecule has 0 amide bonds. The third kappa shape index (κ3) is 5.21. The quantitative estimate of drug-likeness (QED) is 0.310. The van der Waals surface area contributed by atoms with Crippen LogP contribution in [0.5, 0.6) is 0 Å². The number of halogens is 2. The third-order valence-corrected chi connectivity index (χ3v) is 1.54. The maximum atomic E-state index is 3.29. The summed E-state index contributed by atoms with van der Waals surface area (Å²) in [4.78, 5) is 0. The Bertz CT molecular complexity index is 143. The Morgan fingerprint density at radius 2 is 1.73 bits per heavy atom. The molecule has 0 bridgehead atoms. The summed E-state index contributed by atoms with van der Waals surface area (Å²) in [7, 11) is 0. The molecule has 1 aliphatic rings. The van der Waals surface area contributed by atoms with Gasteiger partial charge in [0.25, 0.3) is 0 Å². The van der Waals surface area contributed by atoms with Crippen molar-refractivity contribution in [2.75, 3.05) is 0 Å². The van der Waals surface area contributed by atoms with E-state index < -0.39 is 0 Å². The molecule has 0 radical (unpaired) electrons. The van der Waals surface area contributed by atoms with Gasteiger partial charge in [-0.05, 0) is 0 Å². The average Bonchev–Trinajstić information content (AvgIpc) is 1.85. The molecule has 11 heavy (non-hydrogen) atoms. The minimum Gasteiger partial charge on any atom is -1.00 e. The molecular formula is C8H11Cl2Hf-3. The summed E-state index contributed by atoms with van der Waals surface area (Å²) < 4.78 is 0. The normalized spacial score (nSPS) is 20.1. The van der Waals surface area contributed by atoms with Crippen molar-refractivity contribution < 1.29 is 50.7 Å². The summed E-state index contributed by atoms with van der Waals surface area (Å²) in [6.07, 6.45) is 5.52. The molecule has 0 nitrogen and oxygen atoms in total. The van der Waals surface area contributed by atoms with E-state index in [1.54, 1.807) is 0 Å². The van der Waals surface area contributed by atoms with E-state index in [9.17, 15) is 0 Å². The second kappa shape index (κ2) is 7.57. The predicted octanol–water partition coefficient (Wildman–Crippen LogP) is -3.66. The van der Waals surface area contributed by atoms with Crippen LogP contribution in [0.1, 0.15) is 20.8 Å². The number of allylic oxidation sites excluding steroid dienone is 4. The zero-order valence-electron chi connectivity index (χ0n) is 6.91. The molecule has 1 aliphatic carbocycles. The van der Waals surface area contributed by atoms with E-state index in [2.05, 4.69) is 32.9 Å². The Morgan fingerprint density at radius 3 is 1.82 bits per heavy atom. The van der Waals surface area contributed by atoms with Gasteiger partial charge in [0.05, 0.1) is 0 Å². The summed E-state index contributed by atoms with van der Waals surface area (Å²) in [5.74, 6) is 0.551. The molecule has 0 heterocycles. The van der Waals surface area contributed by atoms with Gasteiger partial charge < -0.3 is 24.8 Å².